The molecule has 12 heteroatoms. The van der Waals surface area contributed by atoms with Gasteiger partial charge in [-0.05, 0) is 67.2 Å². The molecule has 0 saturated heterocycles. The summed E-state index contributed by atoms with van der Waals surface area (Å²) < 4.78 is 35.6. The Morgan fingerprint density at radius 3 is 0.861 bits per heavy atom. The Morgan fingerprint density at radius 2 is 0.611 bits per heavy atom. The molecule has 0 aliphatic rings. The van der Waals surface area contributed by atoms with E-state index in [1.54, 1.807) is 0 Å². The van der Waals surface area contributed by atoms with Crippen molar-refractivity contribution >= 4 is 60.8 Å². The lowest BCUT2D eigenvalue weighted by atomic mass is 10.2. The summed E-state index contributed by atoms with van der Waals surface area (Å²) in [4.78, 5) is 0. The van der Waals surface area contributed by atoms with Gasteiger partial charge in [-0.2, -0.15) is 0 Å². The normalized spacial score (nSPS) is 12.5. The average Bonchev–Trinajstić information content (AvgIpc) is 2.85. The van der Waals surface area contributed by atoms with Crippen LogP contribution in [0.2, 0.25) is 12.1 Å². The summed E-state index contributed by atoms with van der Waals surface area (Å²) in [6.45, 7) is 16.1. The fourth-order valence-electron chi connectivity index (χ4n) is 3.61. The van der Waals surface area contributed by atoms with Crippen LogP contribution in [-0.4, -0.2) is 80.3 Å². The fourth-order valence-corrected chi connectivity index (χ4v) is 13.8. The van der Waals surface area contributed by atoms with E-state index < -0.39 is 17.6 Å². The number of rotatable bonds is 29. The largest absolute Gasteiger partial charge is 0.500 e. The van der Waals surface area contributed by atoms with E-state index in [2.05, 4.69) is 0 Å². The molecular formula is C24H54O6S4Si2. The van der Waals surface area contributed by atoms with Crippen LogP contribution in [0, 0.1) is 0 Å². The van der Waals surface area contributed by atoms with Gasteiger partial charge in [0.15, 0.2) is 0 Å². The first-order chi connectivity index (χ1) is 17.6. The van der Waals surface area contributed by atoms with E-state index in [-0.39, 0.29) is 0 Å². The van der Waals surface area contributed by atoms with Crippen molar-refractivity contribution in [1.82, 2.24) is 0 Å². The zero-order valence-electron chi connectivity index (χ0n) is 23.8. The van der Waals surface area contributed by atoms with Crippen molar-refractivity contribution in [3.63, 3.8) is 0 Å². The maximum absolute atomic E-state index is 5.93. The van der Waals surface area contributed by atoms with Crippen LogP contribution in [0.1, 0.15) is 80.1 Å². The van der Waals surface area contributed by atoms with Gasteiger partial charge in [-0.3, -0.25) is 0 Å². The van der Waals surface area contributed by atoms with E-state index in [9.17, 15) is 0 Å². The molecule has 36 heavy (non-hydrogen) atoms. The second-order valence-electron chi connectivity index (χ2n) is 7.87. The second kappa shape index (κ2) is 26.8. The summed E-state index contributed by atoms with van der Waals surface area (Å²) in [7, 11) is 3.05. The van der Waals surface area contributed by atoms with Crippen LogP contribution in [0.25, 0.3) is 0 Å². The van der Waals surface area contributed by atoms with Crippen molar-refractivity contribution in [2.24, 2.45) is 0 Å². The summed E-state index contributed by atoms with van der Waals surface area (Å²) in [6.07, 6.45) is 7.46. The molecule has 0 saturated carbocycles. The number of hydrogen-bond donors (Lipinski definition) is 0. The lowest BCUT2D eigenvalue weighted by molar-refractivity contribution is 0.0704. The van der Waals surface area contributed by atoms with Crippen LogP contribution in [0.15, 0.2) is 0 Å². The topological polar surface area (TPSA) is 55.4 Å². The zero-order chi connectivity index (χ0) is 26.8. The molecular weight excluding hydrogens is 569 g/mol. The van der Waals surface area contributed by atoms with Gasteiger partial charge in [-0.1, -0.05) is 56.0 Å². The third-order valence-corrected chi connectivity index (χ3v) is 16.4. The van der Waals surface area contributed by atoms with Crippen molar-refractivity contribution in [2.75, 3.05) is 62.7 Å². The van der Waals surface area contributed by atoms with E-state index >= 15 is 0 Å². The van der Waals surface area contributed by atoms with Gasteiger partial charge in [-0.15, -0.1) is 0 Å². The Balaban J connectivity index is 3.66. The monoisotopic (exact) mass is 622 g/mol. The highest BCUT2D eigenvalue weighted by atomic mass is 33.1. The highest BCUT2D eigenvalue weighted by Crippen LogP contribution is 2.28. The van der Waals surface area contributed by atoms with Gasteiger partial charge in [0.25, 0.3) is 0 Å². The molecule has 0 unspecified atom stereocenters. The maximum Gasteiger partial charge on any atom is 0.500 e. The molecule has 0 radical (unpaired) electrons. The van der Waals surface area contributed by atoms with Crippen LogP contribution >= 0.6 is 43.2 Å². The first-order valence-corrected chi connectivity index (χ1v) is 22.7. The second-order valence-corrected chi connectivity index (χ2v) is 18.7. The van der Waals surface area contributed by atoms with Gasteiger partial charge >= 0.3 is 17.6 Å². The zero-order valence-corrected chi connectivity index (χ0v) is 29.1. The van der Waals surface area contributed by atoms with E-state index in [1.807, 2.05) is 84.7 Å². The first kappa shape index (κ1) is 37.6. The molecule has 6 nitrogen and oxygen atoms in total. The van der Waals surface area contributed by atoms with Gasteiger partial charge in [0.1, 0.15) is 0 Å². The fraction of sp³-hybridized carbons (Fsp3) is 1.00. The molecule has 0 spiro atoms. The molecule has 0 aromatic heterocycles. The van der Waals surface area contributed by atoms with Crippen LogP contribution in [-0.2, 0) is 26.6 Å². The highest BCUT2D eigenvalue weighted by Gasteiger charge is 2.40. The predicted octanol–water partition coefficient (Wildman–Crippen LogP) is 8.19. The Morgan fingerprint density at radius 1 is 0.361 bits per heavy atom. The molecule has 0 rings (SSSR count). The summed E-state index contributed by atoms with van der Waals surface area (Å²) in [6, 6.07) is 1.83. The van der Waals surface area contributed by atoms with Crippen molar-refractivity contribution in [3.05, 3.63) is 0 Å². The van der Waals surface area contributed by atoms with Crippen molar-refractivity contribution in [1.29, 1.82) is 0 Å². The van der Waals surface area contributed by atoms with Crippen molar-refractivity contribution in [2.45, 2.75) is 92.2 Å². The Bertz CT molecular complexity index is 398. The minimum absolute atomic E-state index is 0.658. The van der Waals surface area contributed by atoms with Gasteiger partial charge in [0, 0.05) is 74.7 Å². The van der Waals surface area contributed by atoms with Crippen LogP contribution in [0.4, 0.5) is 0 Å². The SMILES string of the molecule is CCO[Si](CCCSSCCCCCCSSCCC[Si](OCC)(OCC)OCC)(OCC)OCC. The molecule has 0 N–H and O–H groups in total. The van der Waals surface area contributed by atoms with E-state index in [0.29, 0.717) is 39.6 Å². The van der Waals surface area contributed by atoms with Crippen molar-refractivity contribution in [3.8, 4) is 0 Å². The van der Waals surface area contributed by atoms with E-state index in [0.717, 1.165) is 36.4 Å². The molecule has 0 aliphatic heterocycles. The molecule has 218 valence electrons. The number of hydrogen-bond acceptors (Lipinski definition) is 10. The highest BCUT2D eigenvalue weighted by molar-refractivity contribution is 8.77. The van der Waals surface area contributed by atoms with Gasteiger partial charge in [-0.25, -0.2) is 0 Å². The molecule has 0 fully saturated rings. The molecule has 0 aliphatic carbocycles. The number of unbranched alkanes of at least 4 members (excludes halogenated alkanes) is 3. The first-order valence-electron chi connectivity index (χ1n) is 13.9. The molecule has 0 aromatic rings. The van der Waals surface area contributed by atoms with Gasteiger partial charge in [0.2, 0.25) is 0 Å². The standard InChI is InChI=1S/C24H54O6S4Si2/c1-7-25-35(26-8-2,27-9-3)23-17-21-33-31-19-15-13-14-16-20-32-34-22-18-24-36(28-10-4,29-11-5)30-12-6/h7-24H2,1-6H3. The molecule has 0 heterocycles. The lowest BCUT2D eigenvalue weighted by Crippen LogP contribution is -2.46. The predicted molar refractivity (Wildman–Crippen MR) is 168 cm³/mol. The van der Waals surface area contributed by atoms with Crippen molar-refractivity contribution < 1.29 is 26.6 Å². The quantitative estimate of drug-likeness (QED) is 0.0464. The van der Waals surface area contributed by atoms with E-state index in [1.165, 1.54) is 37.2 Å². The lowest BCUT2D eigenvalue weighted by Gasteiger charge is -2.28. The van der Waals surface area contributed by atoms with Crippen LogP contribution in [0.3, 0.4) is 0 Å². The Kier molecular flexibility index (Phi) is 28.0. The summed E-state index contributed by atoms with van der Waals surface area (Å²) >= 11 is 0. The summed E-state index contributed by atoms with van der Waals surface area (Å²) in [5.74, 6) is 4.74. The summed E-state index contributed by atoms with van der Waals surface area (Å²) in [5, 5.41) is 0. The summed E-state index contributed by atoms with van der Waals surface area (Å²) in [5.41, 5.74) is 0. The Hall–Kier alpha value is 1.59. The molecule has 0 aromatic carbocycles. The minimum atomic E-state index is -2.46. The smallest absolute Gasteiger partial charge is 0.374 e. The van der Waals surface area contributed by atoms with Gasteiger partial charge in [0.05, 0.1) is 0 Å². The van der Waals surface area contributed by atoms with Gasteiger partial charge < -0.3 is 26.6 Å². The maximum atomic E-state index is 5.93. The molecule has 0 bridgehead atoms. The third kappa shape index (κ3) is 19.6. The Labute approximate surface area is 241 Å². The molecule has 0 amide bonds. The van der Waals surface area contributed by atoms with E-state index in [4.69, 9.17) is 26.6 Å². The van der Waals surface area contributed by atoms with Crippen LogP contribution in [0.5, 0.6) is 0 Å². The van der Waals surface area contributed by atoms with Crippen LogP contribution < -0.4 is 0 Å². The third-order valence-electron chi connectivity index (χ3n) is 4.98. The average molecular weight is 623 g/mol. The molecule has 0 atom stereocenters. The minimum Gasteiger partial charge on any atom is -0.374 e.